The number of nitrogens with one attached hydrogen (secondary N) is 1. The van der Waals surface area contributed by atoms with Crippen LogP contribution in [0.25, 0.3) is 0 Å². The van der Waals surface area contributed by atoms with Crippen molar-refractivity contribution in [2.24, 2.45) is 5.92 Å². The fraction of sp³-hybridized carbons (Fsp3) is 0.619. The number of hydrogen-bond donors (Lipinski definition) is 1. The summed E-state index contributed by atoms with van der Waals surface area (Å²) < 4.78 is 32.4. The van der Waals surface area contributed by atoms with Gasteiger partial charge in [0.1, 0.15) is 0 Å². The van der Waals surface area contributed by atoms with Crippen molar-refractivity contribution < 1.29 is 22.7 Å². The number of piperidine rings is 1. The Morgan fingerprint density at radius 2 is 1.59 bits per heavy atom. The maximum atomic E-state index is 12.9. The predicted molar refractivity (Wildman–Crippen MR) is 111 cm³/mol. The average Bonchev–Trinajstić information content (AvgIpc) is 2.67. The van der Waals surface area contributed by atoms with Gasteiger partial charge >= 0.3 is 5.97 Å². The van der Waals surface area contributed by atoms with Gasteiger partial charge in [-0.1, -0.05) is 26.0 Å². The van der Waals surface area contributed by atoms with Gasteiger partial charge in [-0.05, 0) is 57.2 Å². The normalized spacial score (nSPS) is 17.3. The molecule has 0 aromatic heterocycles. The maximum absolute atomic E-state index is 12.9. The molecule has 1 heterocycles. The topological polar surface area (TPSA) is 92.8 Å². The number of sulfonamides is 1. The maximum Gasteiger partial charge on any atom is 0.309 e. The lowest BCUT2D eigenvalue weighted by Gasteiger charge is -2.30. The molecule has 0 aliphatic carbocycles. The highest BCUT2D eigenvalue weighted by molar-refractivity contribution is 7.89. The van der Waals surface area contributed by atoms with E-state index in [9.17, 15) is 18.0 Å². The molecular formula is C21H32N2O5S. The molecule has 1 aliphatic rings. The highest BCUT2D eigenvalue weighted by atomic mass is 32.2. The second-order valence-electron chi connectivity index (χ2n) is 8.14. The summed E-state index contributed by atoms with van der Waals surface area (Å²) in [5.74, 6) is -0.856. The first-order valence-corrected chi connectivity index (χ1v) is 11.6. The van der Waals surface area contributed by atoms with Crippen molar-refractivity contribution in [3.8, 4) is 0 Å². The van der Waals surface area contributed by atoms with E-state index in [0.717, 1.165) is 5.56 Å². The van der Waals surface area contributed by atoms with Crippen LogP contribution >= 0.6 is 0 Å². The average molecular weight is 425 g/mol. The minimum Gasteiger partial charge on any atom is -0.452 e. The zero-order valence-corrected chi connectivity index (χ0v) is 18.7. The number of carbonyl (C=O) groups is 2. The number of esters is 1. The van der Waals surface area contributed by atoms with Crippen LogP contribution in [0.2, 0.25) is 0 Å². The van der Waals surface area contributed by atoms with Crippen molar-refractivity contribution in [2.75, 3.05) is 13.1 Å². The van der Waals surface area contributed by atoms with Crippen molar-refractivity contribution >= 4 is 21.9 Å². The second-order valence-corrected chi connectivity index (χ2v) is 10.1. The molecule has 0 saturated carbocycles. The summed E-state index contributed by atoms with van der Waals surface area (Å²) in [6.45, 7) is 9.82. The van der Waals surface area contributed by atoms with Crippen LogP contribution in [0.3, 0.4) is 0 Å². The van der Waals surface area contributed by atoms with Crippen molar-refractivity contribution in [2.45, 2.75) is 70.4 Å². The Hall–Kier alpha value is -1.93. The highest BCUT2D eigenvalue weighted by Crippen LogP contribution is 2.26. The predicted octanol–water partition coefficient (Wildman–Crippen LogP) is 2.67. The standard InChI is InChI=1S/C21H32N2O5S/c1-14(2)17-6-8-19(9-7-17)29(26,27)23-12-10-18(11-13-23)21(25)28-16(5)20(24)22-15(3)4/h6-9,14-16,18H,10-13H2,1-5H3,(H,22,24). The molecule has 1 saturated heterocycles. The Morgan fingerprint density at radius 1 is 1.03 bits per heavy atom. The van der Waals surface area contributed by atoms with Crippen molar-refractivity contribution in [3.05, 3.63) is 29.8 Å². The van der Waals surface area contributed by atoms with E-state index in [0.29, 0.717) is 18.8 Å². The molecule has 1 N–H and O–H groups in total. The molecule has 1 amide bonds. The van der Waals surface area contributed by atoms with Gasteiger partial charge in [-0.15, -0.1) is 0 Å². The molecule has 1 aliphatic heterocycles. The van der Waals surface area contributed by atoms with Crippen LogP contribution in [0.5, 0.6) is 0 Å². The van der Waals surface area contributed by atoms with E-state index < -0.39 is 28.0 Å². The summed E-state index contributed by atoms with van der Waals surface area (Å²) in [4.78, 5) is 24.5. The van der Waals surface area contributed by atoms with E-state index in [2.05, 4.69) is 19.2 Å². The number of ether oxygens (including phenoxy) is 1. The van der Waals surface area contributed by atoms with Crippen LogP contribution in [0.1, 0.15) is 58.9 Å². The quantitative estimate of drug-likeness (QED) is 0.680. The van der Waals surface area contributed by atoms with Gasteiger partial charge in [-0.25, -0.2) is 8.42 Å². The van der Waals surface area contributed by atoms with Gasteiger partial charge in [0.2, 0.25) is 10.0 Å². The van der Waals surface area contributed by atoms with Gasteiger partial charge in [-0.3, -0.25) is 9.59 Å². The Balaban J connectivity index is 1.93. The number of rotatable bonds is 7. The molecule has 29 heavy (non-hydrogen) atoms. The van der Waals surface area contributed by atoms with Gasteiger partial charge in [0, 0.05) is 19.1 Å². The van der Waals surface area contributed by atoms with Crippen LogP contribution in [0, 0.1) is 5.92 Å². The monoisotopic (exact) mass is 424 g/mol. The first-order valence-electron chi connectivity index (χ1n) is 10.1. The SMILES string of the molecule is CC(C)NC(=O)C(C)OC(=O)C1CCN(S(=O)(=O)c2ccc(C(C)C)cc2)CC1. The lowest BCUT2D eigenvalue weighted by Crippen LogP contribution is -2.43. The van der Waals surface area contributed by atoms with Gasteiger partial charge in [-0.2, -0.15) is 4.31 Å². The minimum atomic E-state index is -3.59. The molecule has 1 unspecified atom stereocenters. The molecule has 1 fully saturated rings. The third kappa shape index (κ3) is 6.02. The number of nitrogens with zero attached hydrogens (tertiary/aromatic N) is 1. The van der Waals surface area contributed by atoms with E-state index in [4.69, 9.17) is 4.74 Å². The summed E-state index contributed by atoms with van der Waals surface area (Å²) in [6, 6.07) is 6.92. The van der Waals surface area contributed by atoms with Crippen molar-refractivity contribution in [1.82, 2.24) is 9.62 Å². The minimum absolute atomic E-state index is 0.0355. The number of hydrogen-bond acceptors (Lipinski definition) is 5. The van der Waals surface area contributed by atoms with Crippen LogP contribution in [0.4, 0.5) is 0 Å². The molecule has 7 nitrogen and oxygen atoms in total. The summed E-state index contributed by atoms with van der Waals surface area (Å²) in [6.07, 6.45) is -0.118. The molecule has 2 rings (SSSR count). The number of carbonyl (C=O) groups excluding carboxylic acids is 2. The van der Waals surface area contributed by atoms with Gasteiger partial charge in [0.05, 0.1) is 10.8 Å². The number of benzene rings is 1. The lowest BCUT2D eigenvalue weighted by atomic mass is 9.98. The fourth-order valence-electron chi connectivity index (χ4n) is 3.23. The third-order valence-corrected chi connectivity index (χ3v) is 6.98. The van der Waals surface area contributed by atoms with E-state index in [1.54, 1.807) is 12.1 Å². The zero-order valence-electron chi connectivity index (χ0n) is 17.8. The molecule has 0 radical (unpaired) electrons. The first-order chi connectivity index (χ1) is 13.5. The smallest absolute Gasteiger partial charge is 0.309 e. The van der Waals surface area contributed by atoms with Gasteiger partial charge in [0.15, 0.2) is 6.10 Å². The summed E-state index contributed by atoms with van der Waals surface area (Å²) in [5.41, 5.74) is 1.08. The molecule has 0 bridgehead atoms. The van der Waals surface area contributed by atoms with Crippen LogP contribution < -0.4 is 5.32 Å². The van der Waals surface area contributed by atoms with Crippen LogP contribution in [0.15, 0.2) is 29.2 Å². The van der Waals surface area contributed by atoms with Crippen molar-refractivity contribution in [3.63, 3.8) is 0 Å². The summed E-state index contributed by atoms with van der Waals surface area (Å²) >= 11 is 0. The fourth-order valence-corrected chi connectivity index (χ4v) is 4.70. The van der Waals surface area contributed by atoms with E-state index in [-0.39, 0.29) is 29.9 Å². The number of amides is 1. The Kier molecular flexibility index (Phi) is 7.82. The second kappa shape index (κ2) is 9.71. The highest BCUT2D eigenvalue weighted by Gasteiger charge is 2.34. The molecule has 1 atom stereocenters. The van der Waals surface area contributed by atoms with Crippen molar-refractivity contribution in [1.29, 1.82) is 0 Å². The molecule has 1 aromatic carbocycles. The Bertz CT molecular complexity index is 810. The molecule has 0 spiro atoms. The van der Waals surface area contributed by atoms with E-state index >= 15 is 0 Å². The summed E-state index contributed by atoms with van der Waals surface area (Å²) in [7, 11) is -3.59. The largest absolute Gasteiger partial charge is 0.452 e. The van der Waals surface area contributed by atoms with E-state index in [1.165, 1.54) is 11.2 Å². The molecule has 1 aromatic rings. The molecule has 162 valence electrons. The van der Waals surface area contributed by atoms with Crippen LogP contribution in [-0.4, -0.2) is 49.8 Å². The third-order valence-electron chi connectivity index (χ3n) is 5.06. The Morgan fingerprint density at radius 3 is 2.07 bits per heavy atom. The lowest BCUT2D eigenvalue weighted by molar-refractivity contribution is -0.160. The Labute approximate surface area is 173 Å². The van der Waals surface area contributed by atoms with Gasteiger partial charge in [0.25, 0.3) is 5.91 Å². The molecular weight excluding hydrogens is 392 g/mol. The molecule has 8 heteroatoms. The summed E-state index contributed by atoms with van der Waals surface area (Å²) in [5, 5.41) is 2.70. The van der Waals surface area contributed by atoms with E-state index in [1.807, 2.05) is 26.0 Å². The first kappa shape index (κ1) is 23.3. The van der Waals surface area contributed by atoms with Crippen LogP contribution in [-0.2, 0) is 24.3 Å². The zero-order chi connectivity index (χ0) is 21.8. The van der Waals surface area contributed by atoms with Gasteiger partial charge < -0.3 is 10.1 Å².